The highest BCUT2D eigenvalue weighted by atomic mass is 32.1. The van der Waals surface area contributed by atoms with E-state index in [-0.39, 0.29) is 11.8 Å². The number of nitrogens with one attached hydrogen (secondary N) is 1. The molecule has 3 aromatic rings. The van der Waals surface area contributed by atoms with Gasteiger partial charge < -0.3 is 5.32 Å². The second kappa shape index (κ2) is 5.74. The number of rotatable bonds is 3. The molecular weight excluding hydrogens is 306 g/mol. The Kier molecular flexibility index (Phi) is 3.58. The number of thiazole rings is 1. The van der Waals surface area contributed by atoms with Gasteiger partial charge in [0.25, 0.3) is 0 Å². The molecule has 1 aliphatic carbocycles. The van der Waals surface area contributed by atoms with Crippen LogP contribution in [0.25, 0.3) is 20.8 Å². The number of amides is 1. The predicted molar refractivity (Wildman–Crippen MR) is 93.4 cm³/mol. The number of pyridine rings is 1. The number of fused-ring (bicyclic) bond motifs is 1. The normalized spacial score (nSPS) is 20.2. The molecule has 1 amide bonds. The molecule has 0 bridgehead atoms. The lowest BCUT2D eigenvalue weighted by Gasteiger charge is -2.31. The number of carbonyl (C=O) groups is 1. The van der Waals surface area contributed by atoms with Crippen LogP contribution in [0.4, 0.5) is 5.82 Å². The lowest BCUT2D eigenvalue weighted by molar-refractivity contribution is -0.123. The Hall–Kier alpha value is -2.27. The summed E-state index contributed by atoms with van der Waals surface area (Å²) in [7, 11) is 0. The first kappa shape index (κ1) is 14.3. The van der Waals surface area contributed by atoms with Gasteiger partial charge in [-0.3, -0.25) is 4.79 Å². The zero-order valence-corrected chi connectivity index (χ0v) is 13.6. The van der Waals surface area contributed by atoms with Crippen LogP contribution in [0, 0.1) is 11.8 Å². The maximum atomic E-state index is 12.1. The Labute approximate surface area is 138 Å². The zero-order chi connectivity index (χ0) is 15.8. The summed E-state index contributed by atoms with van der Waals surface area (Å²) < 4.78 is 1.17. The zero-order valence-electron chi connectivity index (χ0n) is 12.8. The standard InChI is InChI=1S/C18H17N3OS/c1-11-8-13(9-11)17(22)21-16-7-6-12(10-19-16)18-20-14-4-2-3-5-15(14)23-18/h2-7,10-11,13H,8-9H2,1H3,(H,19,21,22). The number of para-hydroxylation sites is 1. The van der Waals surface area contributed by atoms with E-state index in [9.17, 15) is 4.79 Å². The van der Waals surface area contributed by atoms with Crippen LogP contribution in [0.2, 0.25) is 0 Å². The van der Waals surface area contributed by atoms with E-state index in [4.69, 9.17) is 0 Å². The summed E-state index contributed by atoms with van der Waals surface area (Å²) in [6.45, 7) is 2.18. The van der Waals surface area contributed by atoms with Crippen LogP contribution in [0.5, 0.6) is 0 Å². The van der Waals surface area contributed by atoms with Crippen LogP contribution in [0.1, 0.15) is 19.8 Å². The molecule has 4 nitrogen and oxygen atoms in total. The SMILES string of the molecule is CC1CC(C(=O)Nc2ccc(-c3nc4ccccc4s3)cn2)C1. The van der Waals surface area contributed by atoms with Crippen LogP contribution >= 0.6 is 11.3 Å². The molecule has 23 heavy (non-hydrogen) atoms. The molecule has 0 spiro atoms. The molecular formula is C18H17N3OS. The van der Waals surface area contributed by atoms with Crippen molar-refractivity contribution < 1.29 is 4.79 Å². The number of benzene rings is 1. The minimum atomic E-state index is 0.0864. The van der Waals surface area contributed by atoms with Gasteiger partial charge in [-0.15, -0.1) is 11.3 Å². The van der Waals surface area contributed by atoms with Crippen molar-refractivity contribution in [3.63, 3.8) is 0 Å². The number of carbonyl (C=O) groups excluding carboxylic acids is 1. The first-order chi connectivity index (χ1) is 11.2. The van der Waals surface area contributed by atoms with Crippen molar-refractivity contribution in [1.29, 1.82) is 0 Å². The highest BCUT2D eigenvalue weighted by Gasteiger charge is 2.31. The van der Waals surface area contributed by atoms with E-state index in [1.807, 2.05) is 30.3 Å². The average Bonchev–Trinajstić information content (AvgIpc) is 2.96. The van der Waals surface area contributed by atoms with Crippen molar-refractivity contribution in [3.05, 3.63) is 42.6 Å². The fraction of sp³-hybridized carbons (Fsp3) is 0.278. The molecule has 2 aromatic heterocycles. The second-order valence-corrected chi connectivity index (χ2v) is 7.21. The van der Waals surface area contributed by atoms with E-state index in [0.29, 0.717) is 11.7 Å². The van der Waals surface area contributed by atoms with E-state index in [0.717, 1.165) is 28.9 Å². The summed E-state index contributed by atoms with van der Waals surface area (Å²) in [5, 5.41) is 3.85. The van der Waals surface area contributed by atoms with Gasteiger partial charge in [-0.25, -0.2) is 9.97 Å². The molecule has 1 aromatic carbocycles. The van der Waals surface area contributed by atoms with Crippen LogP contribution in [0.15, 0.2) is 42.6 Å². The van der Waals surface area contributed by atoms with Crippen molar-refractivity contribution >= 4 is 33.3 Å². The van der Waals surface area contributed by atoms with Crippen molar-refractivity contribution in [3.8, 4) is 10.6 Å². The third-order valence-electron chi connectivity index (χ3n) is 4.30. The Morgan fingerprint density at radius 3 is 2.74 bits per heavy atom. The first-order valence-electron chi connectivity index (χ1n) is 7.82. The van der Waals surface area contributed by atoms with Gasteiger partial charge in [0.1, 0.15) is 10.8 Å². The quantitative estimate of drug-likeness (QED) is 0.780. The first-order valence-corrected chi connectivity index (χ1v) is 8.63. The molecule has 5 heteroatoms. The highest BCUT2D eigenvalue weighted by Crippen LogP contribution is 2.34. The van der Waals surface area contributed by atoms with Gasteiger partial charge in [0.15, 0.2) is 0 Å². The van der Waals surface area contributed by atoms with Crippen LogP contribution in [-0.4, -0.2) is 15.9 Å². The van der Waals surface area contributed by atoms with E-state index < -0.39 is 0 Å². The molecule has 0 unspecified atom stereocenters. The molecule has 0 radical (unpaired) electrons. The third-order valence-corrected chi connectivity index (χ3v) is 5.39. The number of nitrogens with zero attached hydrogens (tertiary/aromatic N) is 2. The van der Waals surface area contributed by atoms with Crippen molar-refractivity contribution in [2.45, 2.75) is 19.8 Å². The lowest BCUT2D eigenvalue weighted by Crippen LogP contribution is -2.33. The molecule has 1 fully saturated rings. The predicted octanol–water partition coefficient (Wildman–Crippen LogP) is 4.34. The number of hydrogen-bond acceptors (Lipinski definition) is 4. The molecule has 0 aliphatic heterocycles. The molecule has 1 aliphatic rings. The van der Waals surface area contributed by atoms with Crippen molar-refractivity contribution in [1.82, 2.24) is 9.97 Å². The Morgan fingerprint density at radius 1 is 1.22 bits per heavy atom. The molecule has 4 rings (SSSR count). The van der Waals surface area contributed by atoms with Crippen molar-refractivity contribution in [2.24, 2.45) is 11.8 Å². The Bertz CT molecular complexity index is 817. The fourth-order valence-corrected chi connectivity index (χ4v) is 3.89. The molecule has 0 atom stereocenters. The van der Waals surface area contributed by atoms with E-state index >= 15 is 0 Å². The summed E-state index contributed by atoms with van der Waals surface area (Å²) in [5.41, 5.74) is 1.98. The minimum absolute atomic E-state index is 0.0864. The summed E-state index contributed by atoms with van der Waals surface area (Å²) in [6.07, 6.45) is 3.74. The van der Waals surface area contributed by atoms with Crippen LogP contribution in [0.3, 0.4) is 0 Å². The lowest BCUT2D eigenvalue weighted by atomic mass is 9.76. The van der Waals surface area contributed by atoms with Crippen molar-refractivity contribution in [2.75, 3.05) is 5.32 Å². The second-order valence-electron chi connectivity index (χ2n) is 6.18. The molecule has 116 valence electrons. The minimum Gasteiger partial charge on any atom is -0.310 e. The number of hydrogen-bond donors (Lipinski definition) is 1. The monoisotopic (exact) mass is 323 g/mol. The summed E-state index contributed by atoms with van der Waals surface area (Å²) in [6, 6.07) is 11.9. The largest absolute Gasteiger partial charge is 0.310 e. The van der Waals surface area contributed by atoms with Gasteiger partial charge in [0.2, 0.25) is 5.91 Å². The highest BCUT2D eigenvalue weighted by molar-refractivity contribution is 7.21. The molecule has 1 saturated carbocycles. The van der Waals surface area contributed by atoms with Gasteiger partial charge in [-0.2, -0.15) is 0 Å². The Balaban J connectivity index is 1.50. The molecule has 2 heterocycles. The van der Waals surface area contributed by atoms with Gasteiger partial charge >= 0.3 is 0 Å². The maximum absolute atomic E-state index is 12.1. The number of aromatic nitrogens is 2. The Morgan fingerprint density at radius 2 is 2.04 bits per heavy atom. The smallest absolute Gasteiger partial charge is 0.228 e. The van der Waals surface area contributed by atoms with Gasteiger partial charge in [0, 0.05) is 17.7 Å². The van der Waals surface area contributed by atoms with E-state index in [2.05, 4.69) is 28.3 Å². The average molecular weight is 323 g/mol. The van der Waals surface area contributed by atoms with Gasteiger partial charge in [0.05, 0.1) is 10.2 Å². The summed E-state index contributed by atoms with van der Waals surface area (Å²) in [4.78, 5) is 21.0. The van der Waals surface area contributed by atoms with Gasteiger partial charge in [-0.05, 0) is 43.0 Å². The van der Waals surface area contributed by atoms with Crippen LogP contribution in [-0.2, 0) is 4.79 Å². The topological polar surface area (TPSA) is 54.9 Å². The van der Waals surface area contributed by atoms with Crippen LogP contribution < -0.4 is 5.32 Å². The fourth-order valence-electron chi connectivity index (χ4n) is 2.93. The summed E-state index contributed by atoms with van der Waals surface area (Å²) >= 11 is 1.65. The third kappa shape index (κ3) is 2.84. The van der Waals surface area contributed by atoms with E-state index in [1.54, 1.807) is 17.5 Å². The molecule has 1 N–H and O–H groups in total. The molecule has 0 saturated heterocycles. The van der Waals surface area contributed by atoms with E-state index in [1.165, 1.54) is 4.70 Å². The summed E-state index contributed by atoms with van der Waals surface area (Å²) in [5.74, 6) is 1.51. The van der Waals surface area contributed by atoms with Gasteiger partial charge in [-0.1, -0.05) is 19.1 Å². The number of anilines is 1. The maximum Gasteiger partial charge on any atom is 0.228 e.